The molecule has 0 spiro atoms. The summed E-state index contributed by atoms with van der Waals surface area (Å²) < 4.78 is 12.3. The van der Waals surface area contributed by atoms with E-state index in [1.54, 1.807) is 53.1 Å². The molecule has 0 saturated carbocycles. The van der Waals surface area contributed by atoms with E-state index in [-0.39, 0.29) is 36.4 Å². The van der Waals surface area contributed by atoms with Gasteiger partial charge in [-0.15, -0.1) is 0 Å². The molecule has 11 nitrogen and oxygen atoms in total. The van der Waals surface area contributed by atoms with Gasteiger partial charge in [0.15, 0.2) is 11.5 Å². The van der Waals surface area contributed by atoms with Crippen LogP contribution in [-0.2, 0) is 24.3 Å². The van der Waals surface area contributed by atoms with E-state index < -0.39 is 11.9 Å². The Kier molecular flexibility index (Phi) is 11.5. The molecule has 0 saturated heterocycles. The van der Waals surface area contributed by atoms with Crippen LogP contribution in [0.3, 0.4) is 0 Å². The first kappa shape index (κ1) is 34.6. The fraction of sp³-hybridized carbons (Fsp3) is 0.405. The standard InChI is InChI=1S/C37H45N5O6/c1-5-7-17-40(18-8-6-2)37(46)32-19-25(3)42(39-32)33-15-13-28(38-35(44)34-16-14-30(48-34)24-47-4)21-31(33)36(45)41-22-27-12-10-9-11-26(27)20-29(41)23-43/h9-16,19,21,29,43H,5-8,17-18,20,22-24H2,1-4H3,(H,38,44)/t29-/m0/s1. The van der Waals surface area contributed by atoms with Gasteiger partial charge < -0.3 is 29.4 Å². The van der Waals surface area contributed by atoms with Gasteiger partial charge in [-0.05, 0) is 73.7 Å². The number of anilines is 1. The van der Waals surface area contributed by atoms with Crippen molar-refractivity contribution in [2.45, 2.75) is 72.1 Å². The molecular formula is C37H45N5O6. The number of rotatable bonds is 14. The van der Waals surface area contributed by atoms with Gasteiger partial charge in [0, 0.05) is 38.1 Å². The minimum absolute atomic E-state index is 0.105. The normalized spacial score (nSPS) is 14.1. The van der Waals surface area contributed by atoms with E-state index in [9.17, 15) is 19.5 Å². The van der Waals surface area contributed by atoms with Gasteiger partial charge in [-0.2, -0.15) is 5.10 Å². The van der Waals surface area contributed by atoms with Crippen molar-refractivity contribution in [1.82, 2.24) is 19.6 Å². The third-order valence-electron chi connectivity index (χ3n) is 8.67. The summed E-state index contributed by atoms with van der Waals surface area (Å²) >= 11 is 0. The zero-order valence-electron chi connectivity index (χ0n) is 28.2. The number of hydrogen-bond donors (Lipinski definition) is 2. The SMILES string of the molecule is CCCCN(CCCC)C(=O)c1cc(C)n(-c2ccc(NC(=O)c3ccc(COC)o3)cc2C(=O)N2Cc3ccccc3C[C@H]2CO)n1. The second kappa shape index (κ2) is 15.9. The number of carbonyl (C=O) groups is 3. The van der Waals surface area contributed by atoms with Crippen LogP contribution < -0.4 is 5.32 Å². The van der Waals surface area contributed by atoms with E-state index in [0.29, 0.717) is 54.6 Å². The molecule has 1 atom stereocenters. The first-order chi connectivity index (χ1) is 23.3. The van der Waals surface area contributed by atoms with Crippen LogP contribution in [-0.4, -0.2) is 75.3 Å². The summed E-state index contributed by atoms with van der Waals surface area (Å²) in [4.78, 5) is 44.8. The number of aliphatic hydroxyl groups excluding tert-OH is 1. The van der Waals surface area contributed by atoms with Gasteiger partial charge >= 0.3 is 0 Å². The van der Waals surface area contributed by atoms with Crippen molar-refractivity contribution in [2.75, 3.05) is 32.1 Å². The molecule has 0 bridgehead atoms. The average molecular weight is 656 g/mol. The molecule has 3 heterocycles. The van der Waals surface area contributed by atoms with E-state index in [0.717, 1.165) is 36.8 Å². The molecule has 48 heavy (non-hydrogen) atoms. The smallest absolute Gasteiger partial charge is 0.291 e. The number of fused-ring (bicyclic) bond motifs is 1. The highest BCUT2D eigenvalue weighted by Gasteiger charge is 2.32. The molecule has 254 valence electrons. The predicted molar refractivity (Wildman–Crippen MR) is 182 cm³/mol. The topological polar surface area (TPSA) is 130 Å². The summed E-state index contributed by atoms with van der Waals surface area (Å²) in [7, 11) is 1.54. The summed E-state index contributed by atoms with van der Waals surface area (Å²) in [5, 5.41) is 17.9. The molecule has 11 heteroatoms. The molecule has 0 fully saturated rings. The molecule has 5 rings (SSSR count). The van der Waals surface area contributed by atoms with E-state index in [1.807, 2.05) is 36.1 Å². The minimum Gasteiger partial charge on any atom is -0.453 e. The largest absolute Gasteiger partial charge is 0.453 e. The molecule has 1 aliphatic rings. The van der Waals surface area contributed by atoms with Gasteiger partial charge in [0.2, 0.25) is 0 Å². The Morgan fingerprint density at radius 1 is 1.02 bits per heavy atom. The van der Waals surface area contributed by atoms with Crippen LogP contribution >= 0.6 is 0 Å². The summed E-state index contributed by atoms with van der Waals surface area (Å²) in [6.07, 6.45) is 4.26. The van der Waals surface area contributed by atoms with Crippen molar-refractivity contribution >= 4 is 23.4 Å². The Morgan fingerprint density at radius 2 is 1.75 bits per heavy atom. The Labute approximate surface area is 281 Å². The van der Waals surface area contributed by atoms with Gasteiger partial charge in [-0.3, -0.25) is 14.4 Å². The van der Waals surface area contributed by atoms with Gasteiger partial charge in [-0.1, -0.05) is 51.0 Å². The predicted octanol–water partition coefficient (Wildman–Crippen LogP) is 5.77. The number of nitrogens with zero attached hydrogens (tertiary/aromatic N) is 4. The first-order valence-electron chi connectivity index (χ1n) is 16.7. The molecule has 1 aliphatic heterocycles. The molecule has 2 N–H and O–H groups in total. The van der Waals surface area contributed by atoms with Crippen LogP contribution in [0.25, 0.3) is 5.69 Å². The monoisotopic (exact) mass is 655 g/mol. The van der Waals surface area contributed by atoms with Crippen LogP contribution in [0, 0.1) is 6.92 Å². The zero-order valence-corrected chi connectivity index (χ0v) is 28.2. The first-order valence-corrected chi connectivity index (χ1v) is 16.7. The number of benzene rings is 2. The van der Waals surface area contributed by atoms with Crippen molar-refractivity contribution in [2.24, 2.45) is 0 Å². The molecule has 0 unspecified atom stereocenters. The zero-order chi connectivity index (χ0) is 34.2. The lowest BCUT2D eigenvalue weighted by Gasteiger charge is -2.36. The fourth-order valence-corrected chi connectivity index (χ4v) is 6.02. The third-order valence-corrected chi connectivity index (χ3v) is 8.67. The minimum atomic E-state index is -0.481. The van der Waals surface area contributed by atoms with Crippen molar-refractivity contribution in [3.05, 3.63) is 100 Å². The lowest BCUT2D eigenvalue weighted by atomic mass is 9.93. The van der Waals surface area contributed by atoms with Crippen LogP contribution in [0.15, 0.2) is 65.1 Å². The Hall–Kier alpha value is -4.74. The van der Waals surface area contributed by atoms with Crippen molar-refractivity contribution in [1.29, 1.82) is 0 Å². The highest BCUT2D eigenvalue weighted by atomic mass is 16.5. The number of hydrogen-bond acceptors (Lipinski definition) is 7. The number of amides is 3. The number of aliphatic hydroxyl groups is 1. The summed E-state index contributed by atoms with van der Waals surface area (Å²) in [5.74, 6) is -0.336. The Balaban J connectivity index is 1.52. The maximum atomic E-state index is 14.5. The number of unbranched alkanes of at least 4 members (excludes halogenated alkanes) is 2. The lowest BCUT2D eigenvalue weighted by Crippen LogP contribution is -2.46. The second-order valence-corrected chi connectivity index (χ2v) is 12.2. The molecule has 2 aromatic heterocycles. The van der Waals surface area contributed by atoms with Gasteiger partial charge in [-0.25, -0.2) is 4.68 Å². The van der Waals surface area contributed by atoms with Crippen molar-refractivity contribution in [3.8, 4) is 5.69 Å². The number of methoxy groups -OCH3 is 1. The van der Waals surface area contributed by atoms with Crippen molar-refractivity contribution in [3.63, 3.8) is 0 Å². The highest BCUT2D eigenvalue weighted by Crippen LogP contribution is 2.29. The number of carbonyl (C=O) groups excluding carboxylic acids is 3. The second-order valence-electron chi connectivity index (χ2n) is 12.2. The highest BCUT2D eigenvalue weighted by molar-refractivity contribution is 6.04. The maximum Gasteiger partial charge on any atom is 0.291 e. The Bertz CT molecular complexity index is 1740. The number of nitrogens with one attached hydrogen (secondary N) is 1. The van der Waals surface area contributed by atoms with E-state index in [1.165, 1.54) is 0 Å². The summed E-state index contributed by atoms with van der Waals surface area (Å²) in [6.45, 7) is 7.69. The van der Waals surface area contributed by atoms with Crippen LogP contribution in [0.1, 0.15) is 93.5 Å². The number of ether oxygens (including phenoxy) is 1. The molecule has 4 aromatic rings. The van der Waals surface area contributed by atoms with Gasteiger partial charge in [0.1, 0.15) is 12.4 Å². The van der Waals surface area contributed by atoms with Crippen molar-refractivity contribution < 1.29 is 28.6 Å². The van der Waals surface area contributed by atoms with Crippen LogP contribution in [0.4, 0.5) is 5.69 Å². The Morgan fingerprint density at radius 3 is 2.44 bits per heavy atom. The maximum absolute atomic E-state index is 14.5. The fourth-order valence-electron chi connectivity index (χ4n) is 6.02. The quantitative estimate of drug-likeness (QED) is 0.176. The number of aryl methyl sites for hydroxylation is 1. The molecular weight excluding hydrogens is 610 g/mol. The van der Waals surface area contributed by atoms with E-state index >= 15 is 0 Å². The van der Waals surface area contributed by atoms with Crippen LogP contribution in [0.2, 0.25) is 0 Å². The molecule has 2 aromatic carbocycles. The van der Waals surface area contributed by atoms with Gasteiger partial charge in [0.05, 0.1) is 23.9 Å². The van der Waals surface area contributed by atoms with E-state index in [2.05, 4.69) is 19.2 Å². The summed E-state index contributed by atoms with van der Waals surface area (Å²) in [6, 6.07) is 17.5. The average Bonchev–Trinajstić information content (AvgIpc) is 3.74. The lowest BCUT2D eigenvalue weighted by molar-refractivity contribution is 0.0544. The molecule has 3 amide bonds. The van der Waals surface area contributed by atoms with E-state index in [4.69, 9.17) is 14.3 Å². The number of furan rings is 1. The third kappa shape index (κ3) is 7.69. The molecule has 0 aliphatic carbocycles. The summed E-state index contributed by atoms with van der Waals surface area (Å²) in [5.41, 5.74) is 4.19. The number of aromatic nitrogens is 2. The van der Waals surface area contributed by atoms with Crippen LogP contribution in [0.5, 0.6) is 0 Å². The molecule has 0 radical (unpaired) electrons. The van der Waals surface area contributed by atoms with Gasteiger partial charge in [0.25, 0.3) is 17.7 Å².